The predicted molar refractivity (Wildman–Crippen MR) is 91.2 cm³/mol. The number of nitrogens with one attached hydrogen (secondary N) is 1. The highest BCUT2D eigenvalue weighted by molar-refractivity contribution is 5.94. The fourth-order valence-electron chi connectivity index (χ4n) is 3.95. The summed E-state index contributed by atoms with van der Waals surface area (Å²) in [6.45, 7) is 7.48. The number of hydrogen-bond donors (Lipinski definition) is 1. The number of carbonyl (C=O) groups excluding carboxylic acids is 1. The largest absolute Gasteiger partial charge is 0.317 e. The molecule has 1 aromatic rings. The summed E-state index contributed by atoms with van der Waals surface area (Å²) >= 11 is 0. The average molecular weight is 300 g/mol. The van der Waals surface area contributed by atoms with Gasteiger partial charge in [-0.25, -0.2) is 0 Å². The second kappa shape index (κ2) is 6.82. The van der Waals surface area contributed by atoms with Gasteiger partial charge in [-0.3, -0.25) is 4.79 Å². The van der Waals surface area contributed by atoms with Crippen LogP contribution in [0.5, 0.6) is 0 Å². The Morgan fingerprint density at radius 3 is 2.91 bits per heavy atom. The maximum atomic E-state index is 12.8. The van der Waals surface area contributed by atoms with Crippen LogP contribution in [0.25, 0.3) is 0 Å². The SMILES string of the molecule is Cc1ccc2c(c1)CCCN2C(=O)CC(C)C1CCNCC1. The molecule has 0 bridgehead atoms. The number of aryl methyl sites for hydroxylation is 2. The number of nitrogens with zero attached hydrogens (tertiary/aromatic N) is 1. The lowest BCUT2D eigenvalue weighted by Crippen LogP contribution is -2.38. The van der Waals surface area contributed by atoms with Gasteiger partial charge in [-0.05, 0) is 69.2 Å². The third-order valence-electron chi connectivity index (χ3n) is 5.34. The number of piperidine rings is 1. The van der Waals surface area contributed by atoms with Gasteiger partial charge in [0.05, 0.1) is 0 Å². The van der Waals surface area contributed by atoms with E-state index in [2.05, 4.69) is 37.4 Å². The summed E-state index contributed by atoms with van der Waals surface area (Å²) in [7, 11) is 0. The lowest BCUT2D eigenvalue weighted by molar-refractivity contribution is -0.119. The first-order chi connectivity index (χ1) is 10.6. The molecule has 3 nitrogen and oxygen atoms in total. The molecule has 1 saturated heterocycles. The number of hydrogen-bond acceptors (Lipinski definition) is 2. The van der Waals surface area contributed by atoms with E-state index in [-0.39, 0.29) is 0 Å². The lowest BCUT2D eigenvalue weighted by Gasteiger charge is -2.33. The van der Waals surface area contributed by atoms with E-state index < -0.39 is 0 Å². The van der Waals surface area contributed by atoms with Gasteiger partial charge in [0.1, 0.15) is 0 Å². The maximum absolute atomic E-state index is 12.8. The van der Waals surface area contributed by atoms with Crippen LogP contribution < -0.4 is 10.2 Å². The summed E-state index contributed by atoms with van der Waals surface area (Å²) in [6, 6.07) is 6.50. The molecule has 1 unspecified atom stereocenters. The smallest absolute Gasteiger partial charge is 0.227 e. The Kier molecular flexibility index (Phi) is 4.82. The zero-order valence-electron chi connectivity index (χ0n) is 13.9. The van der Waals surface area contributed by atoms with Crippen molar-refractivity contribution in [2.45, 2.75) is 46.0 Å². The molecule has 3 heteroatoms. The quantitative estimate of drug-likeness (QED) is 0.929. The van der Waals surface area contributed by atoms with Crippen molar-refractivity contribution in [2.75, 3.05) is 24.5 Å². The maximum Gasteiger partial charge on any atom is 0.227 e. The Balaban J connectivity index is 1.68. The Morgan fingerprint density at radius 2 is 2.14 bits per heavy atom. The summed E-state index contributed by atoms with van der Waals surface area (Å²) in [5, 5.41) is 3.41. The van der Waals surface area contributed by atoms with Crippen molar-refractivity contribution in [1.82, 2.24) is 5.32 Å². The van der Waals surface area contributed by atoms with E-state index in [1.54, 1.807) is 0 Å². The molecule has 3 rings (SSSR count). The van der Waals surface area contributed by atoms with E-state index >= 15 is 0 Å². The molecular weight excluding hydrogens is 272 g/mol. The molecule has 0 aliphatic carbocycles. The first-order valence-corrected chi connectivity index (χ1v) is 8.76. The van der Waals surface area contributed by atoms with Crippen molar-refractivity contribution in [2.24, 2.45) is 11.8 Å². The van der Waals surface area contributed by atoms with Gasteiger partial charge in [-0.15, -0.1) is 0 Å². The molecule has 120 valence electrons. The van der Waals surface area contributed by atoms with Gasteiger partial charge in [0.25, 0.3) is 0 Å². The van der Waals surface area contributed by atoms with Gasteiger partial charge in [0.15, 0.2) is 0 Å². The van der Waals surface area contributed by atoms with Gasteiger partial charge >= 0.3 is 0 Å². The second-order valence-corrected chi connectivity index (χ2v) is 7.05. The molecular formula is C19H28N2O. The minimum atomic E-state index is 0.316. The number of anilines is 1. The van der Waals surface area contributed by atoms with Crippen LogP contribution in [0, 0.1) is 18.8 Å². The Bertz CT molecular complexity index is 534. The molecule has 0 radical (unpaired) electrons. The molecule has 22 heavy (non-hydrogen) atoms. The summed E-state index contributed by atoms with van der Waals surface area (Å²) < 4.78 is 0. The van der Waals surface area contributed by atoms with E-state index in [4.69, 9.17) is 0 Å². The molecule has 1 aromatic carbocycles. The molecule has 1 amide bonds. The summed E-state index contributed by atoms with van der Waals surface area (Å²) in [5.41, 5.74) is 3.78. The normalized spacial score (nSPS) is 20.5. The highest BCUT2D eigenvalue weighted by Crippen LogP contribution is 2.31. The fraction of sp³-hybridized carbons (Fsp3) is 0.632. The van der Waals surface area contributed by atoms with Gasteiger partial charge in [0, 0.05) is 18.7 Å². The van der Waals surface area contributed by atoms with Crippen molar-refractivity contribution in [1.29, 1.82) is 0 Å². The Hall–Kier alpha value is -1.35. The topological polar surface area (TPSA) is 32.3 Å². The van der Waals surface area contributed by atoms with Crippen LogP contribution in [-0.2, 0) is 11.2 Å². The highest BCUT2D eigenvalue weighted by atomic mass is 16.2. The standard InChI is InChI=1S/C19H28N2O/c1-14-5-6-18-17(12-14)4-3-11-21(18)19(22)13-15(2)16-7-9-20-10-8-16/h5-6,12,15-16,20H,3-4,7-11,13H2,1-2H3. The first kappa shape index (κ1) is 15.5. The van der Waals surface area contributed by atoms with Gasteiger partial charge in [-0.1, -0.05) is 24.6 Å². The summed E-state index contributed by atoms with van der Waals surface area (Å²) in [4.78, 5) is 14.8. The zero-order chi connectivity index (χ0) is 15.5. The molecule has 1 N–H and O–H groups in total. The number of benzene rings is 1. The molecule has 1 fully saturated rings. The van der Waals surface area contributed by atoms with Crippen LogP contribution in [0.1, 0.15) is 43.7 Å². The van der Waals surface area contributed by atoms with Crippen LogP contribution in [-0.4, -0.2) is 25.5 Å². The van der Waals surface area contributed by atoms with Crippen LogP contribution in [0.4, 0.5) is 5.69 Å². The molecule has 2 aliphatic heterocycles. The molecule has 2 aliphatic rings. The minimum absolute atomic E-state index is 0.316. The van der Waals surface area contributed by atoms with Gasteiger partial charge < -0.3 is 10.2 Å². The first-order valence-electron chi connectivity index (χ1n) is 8.76. The van der Waals surface area contributed by atoms with Crippen LogP contribution in [0.3, 0.4) is 0 Å². The average Bonchev–Trinajstić information content (AvgIpc) is 2.54. The zero-order valence-corrected chi connectivity index (χ0v) is 13.9. The van der Waals surface area contributed by atoms with E-state index in [0.29, 0.717) is 24.2 Å². The van der Waals surface area contributed by atoms with Crippen molar-refractivity contribution in [3.8, 4) is 0 Å². The Morgan fingerprint density at radius 1 is 1.36 bits per heavy atom. The third kappa shape index (κ3) is 3.35. The number of fused-ring (bicyclic) bond motifs is 1. The van der Waals surface area contributed by atoms with Crippen LogP contribution in [0.15, 0.2) is 18.2 Å². The minimum Gasteiger partial charge on any atom is -0.317 e. The molecule has 0 spiro atoms. The summed E-state index contributed by atoms with van der Waals surface area (Å²) in [5.74, 6) is 1.51. The van der Waals surface area contributed by atoms with Crippen molar-refractivity contribution >= 4 is 11.6 Å². The van der Waals surface area contributed by atoms with Gasteiger partial charge in [-0.2, -0.15) is 0 Å². The monoisotopic (exact) mass is 300 g/mol. The van der Waals surface area contributed by atoms with E-state index in [1.807, 2.05) is 4.90 Å². The second-order valence-electron chi connectivity index (χ2n) is 7.05. The van der Waals surface area contributed by atoms with E-state index in [1.165, 1.54) is 24.0 Å². The number of rotatable bonds is 3. The molecule has 0 saturated carbocycles. The van der Waals surface area contributed by atoms with Crippen molar-refractivity contribution < 1.29 is 4.79 Å². The Labute approximate surface area is 134 Å². The highest BCUT2D eigenvalue weighted by Gasteiger charge is 2.27. The predicted octanol–water partition coefficient (Wildman–Crippen LogP) is 3.30. The van der Waals surface area contributed by atoms with Crippen molar-refractivity contribution in [3.63, 3.8) is 0 Å². The third-order valence-corrected chi connectivity index (χ3v) is 5.34. The van der Waals surface area contributed by atoms with E-state index in [0.717, 1.165) is 38.2 Å². The fourth-order valence-corrected chi connectivity index (χ4v) is 3.95. The molecule has 0 aromatic heterocycles. The van der Waals surface area contributed by atoms with Crippen LogP contribution >= 0.6 is 0 Å². The number of carbonyl (C=O) groups is 1. The molecule has 1 atom stereocenters. The lowest BCUT2D eigenvalue weighted by atomic mass is 9.83. The van der Waals surface area contributed by atoms with Gasteiger partial charge in [0.2, 0.25) is 5.91 Å². The summed E-state index contributed by atoms with van der Waals surface area (Å²) in [6.07, 6.45) is 5.31. The van der Waals surface area contributed by atoms with Crippen molar-refractivity contribution in [3.05, 3.63) is 29.3 Å². The molecule has 2 heterocycles. The van der Waals surface area contributed by atoms with E-state index in [9.17, 15) is 4.79 Å². The number of amides is 1. The van der Waals surface area contributed by atoms with Crippen LogP contribution in [0.2, 0.25) is 0 Å².